The first kappa shape index (κ1) is 15.9. The monoisotopic (exact) mass is 302 g/mol. The van der Waals surface area contributed by atoms with Crippen molar-refractivity contribution in [1.82, 2.24) is 0 Å². The van der Waals surface area contributed by atoms with E-state index in [1.807, 2.05) is 30.3 Å². The van der Waals surface area contributed by atoms with Gasteiger partial charge in [0, 0.05) is 0 Å². The molecule has 0 aliphatic heterocycles. The van der Waals surface area contributed by atoms with Crippen LogP contribution in [0.15, 0.2) is 48.5 Å². The zero-order valence-electron chi connectivity index (χ0n) is 13.1. The van der Waals surface area contributed by atoms with Crippen LogP contribution in [0.5, 0.6) is 0 Å². The van der Waals surface area contributed by atoms with Crippen LogP contribution in [-0.2, 0) is 0 Å². The van der Waals surface area contributed by atoms with Gasteiger partial charge in [-0.1, -0.05) is 64.1 Å². The van der Waals surface area contributed by atoms with Crippen molar-refractivity contribution < 1.29 is 9.19 Å². The van der Waals surface area contributed by atoms with Crippen LogP contribution in [0, 0.1) is 5.82 Å². The van der Waals surface area contributed by atoms with Gasteiger partial charge in [0.05, 0.1) is 0 Å². The highest BCUT2D eigenvalue weighted by molar-refractivity contribution is 6.87. The molecule has 0 unspecified atom stereocenters. The topological polar surface area (TPSA) is 20.2 Å². The summed E-state index contributed by atoms with van der Waals surface area (Å²) >= 11 is 0. The van der Waals surface area contributed by atoms with Crippen LogP contribution >= 0.6 is 0 Å². The Labute approximate surface area is 127 Å². The van der Waals surface area contributed by atoms with Crippen molar-refractivity contribution in [2.45, 2.75) is 38.8 Å². The number of hydrogen-bond acceptors (Lipinski definition) is 1. The van der Waals surface area contributed by atoms with E-state index in [0.29, 0.717) is 0 Å². The fourth-order valence-electron chi connectivity index (χ4n) is 2.93. The maximum atomic E-state index is 13.3. The van der Waals surface area contributed by atoms with E-state index in [-0.39, 0.29) is 16.9 Å². The second-order valence-electron chi connectivity index (χ2n) is 6.22. The van der Waals surface area contributed by atoms with E-state index in [0.717, 1.165) is 16.3 Å². The first-order valence-electron chi connectivity index (χ1n) is 7.44. The molecule has 112 valence electrons. The van der Waals surface area contributed by atoms with Gasteiger partial charge in [0.15, 0.2) is 0 Å². The summed E-state index contributed by atoms with van der Waals surface area (Å²) in [7, 11) is -2.49. The molecule has 3 heteroatoms. The Bertz CT molecular complexity index is 597. The third-order valence-electron chi connectivity index (χ3n) is 4.27. The van der Waals surface area contributed by atoms with Crippen LogP contribution < -0.4 is 5.19 Å². The number of rotatable bonds is 4. The van der Waals surface area contributed by atoms with Gasteiger partial charge in [-0.15, -0.1) is 0 Å². The smallest absolute Gasteiger partial charge is 0.225 e. The zero-order valence-corrected chi connectivity index (χ0v) is 14.1. The fraction of sp³-hybridized carbons (Fsp3) is 0.333. The molecule has 2 aromatic carbocycles. The van der Waals surface area contributed by atoms with Gasteiger partial charge in [-0.05, 0) is 39.5 Å². The summed E-state index contributed by atoms with van der Waals surface area (Å²) in [6.45, 7) is 8.36. The average molecular weight is 302 g/mol. The molecule has 2 aromatic rings. The van der Waals surface area contributed by atoms with Gasteiger partial charge >= 0.3 is 0 Å². The maximum Gasteiger partial charge on any atom is 0.225 e. The molecule has 0 aromatic heterocycles. The lowest BCUT2D eigenvalue weighted by molar-refractivity contribution is 0.513. The zero-order chi connectivity index (χ0) is 15.6. The van der Waals surface area contributed by atoms with Gasteiger partial charge in [0.25, 0.3) is 0 Å². The van der Waals surface area contributed by atoms with E-state index in [9.17, 15) is 9.19 Å². The highest BCUT2D eigenvalue weighted by atomic mass is 28.4. The normalized spacial score (nSPS) is 12.2. The average Bonchev–Trinajstić information content (AvgIpc) is 2.46. The van der Waals surface area contributed by atoms with E-state index < -0.39 is 8.32 Å². The highest BCUT2D eigenvalue weighted by Gasteiger charge is 2.40. The molecule has 0 atom stereocenters. The van der Waals surface area contributed by atoms with Gasteiger partial charge in [-0.3, -0.25) is 0 Å². The summed E-state index contributed by atoms with van der Waals surface area (Å²) in [6.07, 6.45) is 0. The molecule has 0 fully saturated rings. The maximum absolute atomic E-state index is 13.3. The lowest BCUT2D eigenvalue weighted by Gasteiger charge is -2.33. The molecule has 1 nitrogen and oxygen atoms in total. The first-order valence-corrected chi connectivity index (χ1v) is 9.54. The summed E-state index contributed by atoms with van der Waals surface area (Å²) in [6, 6.07) is 14.6. The molecule has 0 aliphatic carbocycles. The van der Waals surface area contributed by atoms with Crippen molar-refractivity contribution in [3.8, 4) is 11.1 Å². The molecule has 0 aliphatic rings. The Morgan fingerprint density at radius 1 is 0.857 bits per heavy atom. The minimum absolute atomic E-state index is 0.230. The van der Waals surface area contributed by atoms with Crippen LogP contribution in [0.25, 0.3) is 11.1 Å². The summed E-state index contributed by atoms with van der Waals surface area (Å²) in [5.74, 6) is -0.230. The van der Waals surface area contributed by atoms with Crippen molar-refractivity contribution in [3.05, 3.63) is 54.3 Å². The predicted molar refractivity (Wildman–Crippen MR) is 89.6 cm³/mol. The highest BCUT2D eigenvalue weighted by Crippen LogP contribution is 2.30. The number of halogens is 1. The minimum Gasteiger partial charge on any atom is -0.427 e. The molecule has 0 bridgehead atoms. The van der Waals surface area contributed by atoms with Gasteiger partial charge in [-0.2, -0.15) is 0 Å². The van der Waals surface area contributed by atoms with Gasteiger partial charge < -0.3 is 4.80 Å². The Balaban J connectivity index is 2.39. The molecule has 0 heterocycles. The van der Waals surface area contributed by atoms with Gasteiger partial charge in [0.2, 0.25) is 8.32 Å². The van der Waals surface area contributed by atoms with Gasteiger partial charge in [0.1, 0.15) is 5.82 Å². The third kappa shape index (κ3) is 3.09. The standard InChI is InChI=1S/C18H23FOSi/c1-13(2)21(20,14(3)4)18-10-8-15(9-11-18)16-6-5-7-17(19)12-16/h5-14,20H,1-4H3. The summed E-state index contributed by atoms with van der Waals surface area (Å²) in [5.41, 5.74) is 2.36. The Morgan fingerprint density at radius 2 is 1.43 bits per heavy atom. The van der Waals surface area contributed by atoms with Crippen molar-refractivity contribution >= 4 is 13.5 Å². The van der Waals surface area contributed by atoms with Crippen molar-refractivity contribution in [2.75, 3.05) is 0 Å². The number of benzene rings is 2. The molecule has 21 heavy (non-hydrogen) atoms. The van der Waals surface area contributed by atoms with E-state index in [1.54, 1.807) is 6.07 Å². The third-order valence-corrected chi connectivity index (χ3v) is 9.04. The van der Waals surface area contributed by atoms with Crippen molar-refractivity contribution in [2.24, 2.45) is 0 Å². The molecule has 1 N–H and O–H groups in total. The second-order valence-corrected chi connectivity index (χ2v) is 10.8. The quantitative estimate of drug-likeness (QED) is 0.827. The summed E-state index contributed by atoms with van der Waals surface area (Å²) in [5, 5.41) is 1.05. The lowest BCUT2D eigenvalue weighted by atomic mass is 10.1. The second kappa shape index (κ2) is 6.12. The molecule has 2 rings (SSSR count). The molecule has 0 saturated heterocycles. The Morgan fingerprint density at radius 3 is 1.90 bits per heavy atom. The van der Waals surface area contributed by atoms with Crippen LogP contribution in [0.1, 0.15) is 27.7 Å². The van der Waals surface area contributed by atoms with Crippen LogP contribution in [0.3, 0.4) is 0 Å². The van der Waals surface area contributed by atoms with E-state index in [1.165, 1.54) is 12.1 Å². The molecule has 0 spiro atoms. The van der Waals surface area contributed by atoms with Crippen LogP contribution in [0.4, 0.5) is 4.39 Å². The molecule has 0 saturated carbocycles. The molecular formula is C18H23FOSi. The van der Waals surface area contributed by atoms with E-state index >= 15 is 0 Å². The fourth-order valence-corrected chi connectivity index (χ4v) is 6.30. The van der Waals surface area contributed by atoms with Crippen molar-refractivity contribution in [3.63, 3.8) is 0 Å². The molecular weight excluding hydrogens is 279 g/mol. The lowest BCUT2D eigenvalue weighted by Crippen LogP contribution is -2.53. The Hall–Kier alpha value is -1.45. The SMILES string of the molecule is CC(C)[Si](O)(c1ccc(-c2cccc(F)c2)cc1)C(C)C. The largest absolute Gasteiger partial charge is 0.427 e. The Kier molecular flexibility index (Phi) is 4.64. The van der Waals surface area contributed by atoms with Crippen molar-refractivity contribution in [1.29, 1.82) is 0 Å². The van der Waals surface area contributed by atoms with E-state index in [4.69, 9.17) is 0 Å². The van der Waals surface area contributed by atoms with Gasteiger partial charge in [-0.25, -0.2) is 4.39 Å². The molecule has 0 radical (unpaired) electrons. The van der Waals surface area contributed by atoms with Crippen LogP contribution in [-0.4, -0.2) is 13.1 Å². The van der Waals surface area contributed by atoms with Crippen LogP contribution in [0.2, 0.25) is 11.1 Å². The molecule has 0 amide bonds. The van der Waals surface area contributed by atoms with E-state index in [2.05, 4.69) is 27.7 Å². The predicted octanol–water partition coefficient (Wildman–Crippen LogP) is 4.46. The number of hydrogen-bond donors (Lipinski definition) is 1. The first-order chi connectivity index (χ1) is 9.85. The minimum atomic E-state index is -2.49. The summed E-state index contributed by atoms with van der Waals surface area (Å²) < 4.78 is 13.3. The summed E-state index contributed by atoms with van der Waals surface area (Å²) in [4.78, 5) is 11.1.